The highest BCUT2D eigenvalue weighted by atomic mass is 16.1. The SMILES string of the molecule is CN(CCC#N)c1cc(C(N)=O)ccc1N. The maximum atomic E-state index is 11.0. The predicted octanol–water partition coefficient (Wildman–Crippen LogP) is 0.718. The largest absolute Gasteiger partial charge is 0.397 e. The molecule has 1 amide bonds. The van der Waals surface area contributed by atoms with Gasteiger partial charge in [0.05, 0.1) is 23.9 Å². The van der Waals surface area contributed by atoms with Crippen molar-refractivity contribution in [3.63, 3.8) is 0 Å². The number of nitriles is 1. The Balaban J connectivity index is 2.98. The first-order valence-electron chi connectivity index (χ1n) is 4.83. The molecule has 5 nitrogen and oxygen atoms in total. The van der Waals surface area contributed by atoms with Crippen LogP contribution in [0, 0.1) is 11.3 Å². The predicted molar refractivity (Wildman–Crippen MR) is 62.9 cm³/mol. The molecule has 0 saturated carbocycles. The van der Waals surface area contributed by atoms with Crippen LogP contribution >= 0.6 is 0 Å². The summed E-state index contributed by atoms with van der Waals surface area (Å²) in [5, 5.41) is 8.49. The third-order valence-electron chi connectivity index (χ3n) is 2.29. The smallest absolute Gasteiger partial charge is 0.248 e. The molecule has 0 saturated heterocycles. The van der Waals surface area contributed by atoms with Crippen LogP contribution in [0.15, 0.2) is 18.2 Å². The molecular formula is C11H14N4O. The van der Waals surface area contributed by atoms with Gasteiger partial charge in [0.15, 0.2) is 0 Å². The fraction of sp³-hybridized carbons (Fsp3) is 0.273. The van der Waals surface area contributed by atoms with Crippen molar-refractivity contribution < 1.29 is 4.79 Å². The molecule has 0 radical (unpaired) electrons. The summed E-state index contributed by atoms with van der Waals surface area (Å²) in [6.07, 6.45) is 0.400. The van der Waals surface area contributed by atoms with E-state index in [1.165, 1.54) is 0 Å². The Hall–Kier alpha value is -2.22. The van der Waals surface area contributed by atoms with Crippen molar-refractivity contribution in [2.75, 3.05) is 24.2 Å². The molecule has 1 aromatic carbocycles. The summed E-state index contributed by atoms with van der Waals surface area (Å²) in [4.78, 5) is 12.8. The molecule has 0 aliphatic rings. The normalized spacial score (nSPS) is 9.50. The fourth-order valence-electron chi connectivity index (χ4n) is 1.37. The molecule has 4 N–H and O–H groups in total. The Labute approximate surface area is 94.2 Å². The van der Waals surface area contributed by atoms with Crippen molar-refractivity contribution in [3.8, 4) is 6.07 Å². The van der Waals surface area contributed by atoms with Crippen molar-refractivity contribution in [2.45, 2.75) is 6.42 Å². The van der Waals surface area contributed by atoms with Crippen LogP contribution in [-0.4, -0.2) is 19.5 Å². The van der Waals surface area contributed by atoms with Gasteiger partial charge in [-0.3, -0.25) is 4.79 Å². The van der Waals surface area contributed by atoms with Crippen LogP contribution in [0.1, 0.15) is 16.8 Å². The van der Waals surface area contributed by atoms with Crippen molar-refractivity contribution in [1.29, 1.82) is 5.26 Å². The lowest BCUT2D eigenvalue weighted by molar-refractivity contribution is 0.100. The molecule has 1 rings (SSSR count). The maximum Gasteiger partial charge on any atom is 0.248 e. The van der Waals surface area contributed by atoms with Gasteiger partial charge in [-0.15, -0.1) is 0 Å². The second kappa shape index (κ2) is 5.03. The lowest BCUT2D eigenvalue weighted by atomic mass is 10.1. The second-order valence-corrected chi connectivity index (χ2v) is 3.47. The van der Waals surface area contributed by atoms with Gasteiger partial charge < -0.3 is 16.4 Å². The quantitative estimate of drug-likeness (QED) is 0.727. The van der Waals surface area contributed by atoms with Gasteiger partial charge in [-0.2, -0.15) is 5.26 Å². The number of primary amides is 1. The van der Waals surface area contributed by atoms with Gasteiger partial charge in [-0.25, -0.2) is 0 Å². The number of nitrogens with zero attached hydrogens (tertiary/aromatic N) is 2. The zero-order chi connectivity index (χ0) is 12.1. The number of amides is 1. The van der Waals surface area contributed by atoms with E-state index < -0.39 is 5.91 Å². The van der Waals surface area contributed by atoms with Gasteiger partial charge in [0.2, 0.25) is 5.91 Å². The fourth-order valence-corrected chi connectivity index (χ4v) is 1.37. The number of nitrogens with two attached hydrogens (primary N) is 2. The van der Waals surface area contributed by atoms with Crippen LogP contribution in [0.3, 0.4) is 0 Å². The summed E-state index contributed by atoms with van der Waals surface area (Å²) in [6, 6.07) is 6.90. The molecule has 0 aliphatic heterocycles. The number of hydrogen-bond donors (Lipinski definition) is 2. The molecule has 0 aliphatic carbocycles. The van der Waals surface area contributed by atoms with Crippen LogP contribution < -0.4 is 16.4 Å². The molecule has 84 valence electrons. The lowest BCUT2D eigenvalue weighted by Gasteiger charge is -2.20. The number of hydrogen-bond acceptors (Lipinski definition) is 4. The minimum Gasteiger partial charge on any atom is -0.397 e. The van der Waals surface area contributed by atoms with Crippen molar-refractivity contribution in [2.24, 2.45) is 5.73 Å². The van der Waals surface area contributed by atoms with E-state index in [0.717, 1.165) is 0 Å². The minimum absolute atomic E-state index is 0.400. The molecule has 0 atom stereocenters. The maximum absolute atomic E-state index is 11.0. The third-order valence-corrected chi connectivity index (χ3v) is 2.29. The highest BCUT2D eigenvalue weighted by Crippen LogP contribution is 2.23. The van der Waals surface area contributed by atoms with E-state index in [0.29, 0.717) is 29.9 Å². The first-order valence-corrected chi connectivity index (χ1v) is 4.83. The highest BCUT2D eigenvalue weighted by Gasteiger charge is 2.08. The van der Waals surface area contributed by atoms with Crippen LogP contribution in [0.4, 0.5) is 11.4 Å². The molecule has 0 unspecified atom stereocenters. The van der Waals surface area contributed by atoms with Crippen LogP contribution in [0.5, 0.6) is 0 Å². The second-order valence-electron chi connectivity index (χ2n) is 3.47. The van der Waals surface area contributed by atoms with E-state index in [1.807, 2.05) is 11.9 Å². The lowest BCUT2D eigenvalue weighted by Crippen LogP contribution is -2.20. The first kappa shape index (κ1) is 11.9. The summed E-state index contributed by atoms with van der Waals surface area (Å²) in [5.41, 5.74) is 12.7. The molecule has 0 spiro atoms. The zero-order valence-electron chi connectivity index (χ0n) is 9.10. The average Bonchev–Trinajstić information content (AvgIpc) is 2.26. The summed E-state index contributed by atoms with van der Waals surface area (Å²) >= 11 is 0. The number of rotatable bonds is 4. The number of carbonyl (C=O) groups excluding carboxylic acids is 1. The topological polar surface area (TPSA) is 96.1 Å². The van der Waals surface area contributed by atoms with Crippen LogP contribution in [0.2, 0.25) is 0 Å². The van der Waals surface area contributed by atoms with Gasteiger partial charge in [-0.1, -0.05) is 0 Å². The minimum atomic E-state index is -0.491. The van der Waals surface area contributed by atoms with E-state index in [9.17, 15) is 4.79 Å². The average molecular weight is 218 g/mol. The van der Waals surface area contributed by atoms with Crippen molar-refractivity contribution in [1.82, 2.24) is 0 Å². The molecule has 1 aromatic rings. The van der Waals surface area contributed by atoms with Gasteiger partial charge in [-0.05, 0) is 18.2 Å². The number of anilines is 2. The Morgan fingerprint density at radius 3 is 2.81 bits per heavy atom. The Morgan fingerprint density at radius 2 is 2.25 bits per heavy atom. The van der Waals surface area contributed by atoms with Gasteiger partial charge in [0.25, 0.3) is 0 Å². The summed E-state index contributed by atoms with van der Waals surface area (Å²) < 4.78 is 0. The summed E-state index contributed by atoms with van der Waals surface area (Å²) in [5.74, 6) is -0.491. The molecular weight excluding hydrogens is 204 g/mol. The molecule has 0 bridgehead atoms. The molecule has 5 heteroatoms. The molecule has 0 fully saturated rings. The molecule has 0 heterocycles. The van der Waals surface area contributed by atoms with E-state index in [-0.39, 0.29) is 0 Å². The van der Waals surface area contributed by atoms with Crippen molar-refractivity contribution in [3.05, 3.63) is 23.8 Å². The molecule has 0 aromatic heterocycles. The first-order chi connectivity index (χ1) is 7.56. The van der Waals surface area contributed by atoms with E-state index in [1.54, 1.807) is 18.2 Å². The van der Waals surface area contributed by atoms with Crippen LogP contribution in [-0.2, 0) is 0 Å². The Bertz CT molecular complexity index is 436. The number of nitrogen functional groups attached to an aromatic ring is 1. The van der Waals surface area contributed by atoms with Gasteiger partial charge in [0, 0.05) is 19.2 Å². The Morgan fingerprint density at radius 1 is 1.56 bits per heavy atom. The highest BCUT2D eigenvalue weighted by molar-refractivity contribution is 5.95. The van der Waals surface area contributed by atoms with Gasteiger partial charge in [0.1, 0.15) is 0 Å². The monoisotopic (exact) mass is 218 g/mol. The zero-order valence-corrected chi connectivity index (χ0v) is 9.10. The number of benzene rings is 1. The van der Waals surface area contributed by atoms with E-state index in [2.05, 4.69) is 6.07 Å². The van der Waals surface area contributed by atoms with Crippen molar-refractivity contribution >= 4 is 17.3 Å². The third kappa shape index (κ3) is 2.64. The Kier molecular flexibility index (Phi) is 3.72. The van der Waals surface area contributed by atoms with E-state index in [4.69, 9.17) is 16.7 Å². The van der Waals surface area contributed by atoms with Gasteiger partial charge >= 0.3 is 0 Å². The molecule has 16 heavy (non-hydrogen) atoms. The summed E-state index contributed by atoms with van der Waals surface area (Å²) in [6.45, 7) is 0.558. The van der Waals surface area contributed by atoms with Crippen LogP contribution in [0.25, 0.3) is 0 Å². The summed E-state index contributed by atoms with van der Waals surface area (Å²) in [7, 11) is 1.81. The standard InChI is InChI=1S/C11H14N4O/c1-15(6-2-5-12)10-7-8(11(14)16)3-4-9(10)13/h3-4,7H,2,6,13H2,1H3,(H2,14,16). The van der Waals surface area contributed by atoms with E-state index >= 15 is 0 Å². The number of carbonyl (C=O) groups is 1.